The summed E-state index contributed by atoms with van der Waals surface area (Å²) < 4.78 is 18.6. The zero-order valence-corrected chi connectivity index (χ0v) is 10.1. The number of aryl methyl sites for hydroxylation is 1. The number of hydrogen-bond acceptors (Lipinski definition) is 1. The number of hydrogen-bond donors (Lipinski definition) is 0. The fourth-order valence-electron chi connectivity index (χ4n) is 1.83. The molecule has 0 radical (unpaired) electrons. The molecule has 2 rings (SSSR count). The smallest absolute Gasteiger partial charge is 0.119 e. The summed E-state index contributed by atoms with van der Waals surface area (Å²) in [5.74, 6) is 0.703. The van der Waals surface area contributed by atoms with Crippen molar-refractivity contribution in [3.63, 3.8) is 0 Å². The van der Waals surface area contributed by atoms with Crippen molar-refractivity contribution in [1.29, 1.82) is 0 Å². The molecule has 0 heterocycles. The highest BCUT2D eigenvalue weighted by molar-refractivity contribution is 5.28. The molecule has 2 heteroatoms. The quantitative estimate of drug-likeness (QED) is 0.756. The lowest BCUT2D eigenvalue weighted by Crippen LogP contribution is -2.03. The lowest BCUT2D eigenvalue weighted by molar-refractivity contribution is 0.346. The van der Waals surface area contributed by atoms with Gasteiger partial charge in [-0.05, 0) is 54.7 Å². The van der Waals surface area contributed by atoms with Crippen molar-refractivity contribution in [3.8, 4) is 5.75 Å². The molecule has 90 valence electrons. The molecule has 0 fully saturated rings. The first-order valence-electron chi connectivity index (χ1n) is 6.05. The van der Waals surface area contributed by atoms with E-state index in [9.17, 15) is 4.39 Å². The third kappa shape index (κ3) is 3.45. The van der Waals surface area contributed by atoms with E-state index in [-0.39, 0.29) is 5.83 Å². The standard InChI is InChI=1S/C15H17FO/c1-2-12-6-8-15(9-7-12)17-11-13-4-3-5-14(16)10-13/h5-10H,2-4,11H2,1H3. The maximum absolute atomic E-state index is 13.0. The van der Waals surface area contributed by atoms with Crippen LogP contribution >= 0.6 is 0 Å². The van der Waals surface area contributed by atoms with Crippen molar-refractivity contribution in [2.45, 2.75) is 26.2 Å². The van der Waals surface area contributed by atoms with Gasteiger partial charge >= 0.3 is 0 Å². The van der Waals surface area contributed by atoms with Crippen molar-refractivity contribution in [3.05, 3.63) is 53.4 Å². The SMILES string of the molecule is CCc1ccc(OCC2=CC(F)=CCC2)cc1. The van der Waals surface area contributed by atoms with Gasteiger partial charge in [-0.3, -0.25) is 0 Å². The minimum atomic E-state index is -0.142. The Bertz CT molecular complexity index is 429. The molecule has 1 aliphatic rings. The summed E-state index contributed by atoms with van der Waals surface area (Å²) in [5.41, 5.74) is 2.31. The molecule has 0 saturated heterocycles. The van der Waals surface area contributed by atoms with Gasteiger partial charge < -0.3 is 4.74 Å². The first-order chi connectivity index (χ1) is 8.28. The lowest BCUT2D eigenvalue weighted by Gasteiger charge is -2.12. The van der Waals surface area contributed by atoms with Crippen LogP contribution in [0.15, 0.2) is 47.8 Å². The molecule has 0 unspecified atom stereocenters. The molecule has 0 spiro atoms. The topological polar surface area (TPSA) is 9.23 Å². The monoisotopic (exact) mass is 232 g/mol. The van der Waals surface area contributed by atoms with Crippen molar-refractivity contribution in [1.82, 2.24) is 0 Å². The highest BCUT2D eigenvalue weighted by Crippen LogP contribution is 2.20. The Balaban J connectivity index is 1.91. The first kappa shape index (κ1) is 11.9. The van der Waals surface area contributed by atoms with Crippen LogP contribution in [-0.4, -0.2) is 6.61 Å². The normalized spacial score (nSPS) is 15.2. The summed E-state index contributed by atoms with van der Waals surface area (Å²) in [7, 11) is 0. The Morgan fingerprint density at radius 2 is 2.00 bits per heavy atom. The van der Waals surface area contributed by atoms with E-state index in [1.807, 2.05) is 12.1 Å². The summed E-state index contributed by atoms with van der Waals surface area (Å²) in [6.07, 6.45) is 5.88. The van der Waals surface area contributed by atoms with Crippen LogP contribution < -0.4 is 4.74 Å². The zero-order valence-electron chi connectivity index (χ0n) is 10.1. The van der Waals surface area contributed by atoms with E-state index < -0.39 is 0 Å². The fourth-order valence-corrected chi connectivity index (χ4v) is 1.83. The van der Waals surface area contributed by atoms with E-state index in [0.29, 0.717) is 6.61 Å². The van der Waals surface area contributed by atoms with Crippen LogP contribution in [0.2, 0.25) is 0 Å². The van der Waals surface area contributed by atoms with Crippen LogP contribution in [0.5, 0.6) is 5.75 Å². The van der Waals surface area contributed by atoms with Crippen LogP contribution in [-0.2, 0) is 6.42 Å². The van der Waals surface area contributed by atoms with Crippen LogP contribution in [0, 0.1) is 0 Å². The molecule has 0 aromatic heterocycles. The summed E-state index contributed by atoms with van der Waals surface area (Å²) in [6.45, 7) is 2.60. The van der Waals surface area contributed by atoms with E-state index in [1.165, 1.54) is 5.56 Å². The van der Waals surface area contributed by atoms with Crippen LogP contribution in [0.4, 0.5) is 4.39 Å². The molecular formula is C15H17FO. The molecule has 1 aliphatic carbocycles. The third-order valence-electron chi connectivity index (χ3n) is 2.90. The number of allylic oxidation sites excluding steroid dienone is 3. The van der Waals surface area contributed by atoms with Crippen molar-refractivity contribution >= 4 is 0 Å². The lowest BCUT2D eigenvalue weighted by atomic mass is 10.1. The Morgan fingerprint density at radius 3 is 2.65 bits per heavy atom. The molecular weight excluding hydrogens is 215 g/mol. The van der Waals surface area contributed by atoms with E-state index in [4.69, 9.17) is 4.74 Å². The van der Waals surface area contributed by atoms with E-state index >= 15 is 0 Å². The second kappa shape index (κ2) is 5.67. The van der Waals surface area contributed by atoms with Crippen LogP contribution in [0.3, 0.4) is 0 Å². The Hall–Kier alpha value is -1.57. The average molecular weight is 232 g/mol. The number of rotatable bonds is 4. The molecule has 0 N–H and O–H groups in total. The first-order valence-corrected chi connectivity index (χ1v) is 6.05. The second-order valence-electron chi connectivity index (χ2n) is 4.22. The van der Waals surface area contributed by atoms with Crippen LogP contribution in [0.25, 0.3) is 0 Å². The van der Waals surface area contributed by atoms with Gasteiger partial charge in [0.15, 0.2) is 0 Å². The molecule has 17 heavy (non-hydrogen) atoms. The van der Waals surface area contributed by atoms with E-state index in [0.717, 1.165) is 30.6 Å². The molecule has 1 aromatic carbocycles. The average Bonchev–Trinajstić information content (AvgIpc) is 2.37. The molecule has 0 saturated carbocycles. The number of benzene rings is 1. The highest BCUT2D eigenvalue weighted by atomic mass is 19.1. The molecule has 0 bridgehead atoms. The maximum Gasteiger partial charge on any atom is 0.119 e. The van der Waals surface area contributed by atoms with Crippen molar-refractivity contribution in [2.75, 3.05) is 6.61 Å². The molecule has 0 aliphatic heterocycles. The molecule has 0 amide bonds. The largest absolute Gasteiger partial charge is 0.489 e. The Morgan fingerprint density at radius 1 is 1.24 bits per heavy atom. The summed E-state index contributed by atoms with van der Waals surface area (Å²) in [4.78, 5) is 0. The minimum Gasteiger partial charge on any atom is -0.489 e. The van der Waals surface area contributed by atoms with Crippen molar-refractivity contribution < 1.29 is 9.13 Å². The van der Waals surface area contributed by atoms with Gasteiger partial charge in [-0.1, -0.05) is 19.1 Å². The number of ether oxygens (including phenoxy) is 1. The Kier molecular flexibility index (Phi) is 3.97. The zero-order chi connectivity index (χ0) is 12.1. The van der Waals surface area contributed by atoms with E-state index in [2.05, 4.69) is 19.1 Å². The van der Waals surface area contributed by atoms with Gasteiger partial charge in [0.05, 0.1) is 0 Å². The van der Waals surface area contributed by atoms with Gasteiger partial charge in [-0.15, -0.1) is 0 Å². The highest BCUT2D eigenvalue weighted by Gasteiger charge is 2.05. The van der Waals surface area contributed by atoms with Gasteiger partial charge in [0, 0.05) is 0 Å². The van der Waals surface area contributed by atoms with Gasteiger partial charge in [-0.2, -0.15) is 0 Å². The summed E-state index contributed by atoms with van der Waals surface area (Å²) in [6, 6.07) is 8.05. The van der Waals surface area contributed by atoms with E-state index in [1.54, 1.807) is 12.2 Å². The maximum atomic E-state index is 13.0. The Labute approximate surface area is 102 Å². The fraction of sp³-hybridized carbons (Fsp3) is 0.333. The summed E-state index contributed by atoms with van der Waals surface area (Å²) >= 11 is 0. The third-order valence-corrected chi connectivity index (χ3v) is 2.90. The molecule has 0 atom stereocenters. The van der Waals surface area contributed by atoms with Gasteiger partial charge in [0.25, 0.3) is 0 Å². The molecule has 1 nitrogen and oxygen atoms in total. The van der Waals surface area contributed by atoms with Crippen molar-refractivity contribution in [2.24, 2.45) is 0 Å². The minimum absolute atomic E-state index is 0.142. The summed E-state index contributed by atoms with van der Waals surface area (Å²) in [5, 5.41) is 0. The second-order valence-corrected chi connectivity index (χ2v) is 4.22. The van der Waals surface area contributed by atoms with Gasteiger partial charge in [0.1, 0.15) is 18.2 Å². The van der Waals surface area contributed by atoms with Crippen LogP contribution in [0.1, 0.15) is 25.3 Å². The molecule has 1 aromatic rings. The number of halogens is 1. The predicted molar refractivity (Wildman–Crippen MR) is 67.8 cm³/mol. The van der Waals surface area contributed by atoms with Gasteiger partial charge in [0.2, 0.25) is 0 Å². The van der Waals surface area contributed by atoms with Gasteiger partial charge in [-0.25, -0.2) is 4.39 Å². The predicted octanol–water partition coefficient (Wildman–Crippen LogP) is 4.20.